The minimum absolute atomic E-state index is 0.218. The van der Waals surface area contributed by atoms with Gasteiger partial charge in [0.05, 0.1) is 7.11 Å². The summed E-state index contributed by atoms with van der Waals surface area (Å²) in [5.41, 5.74) is 2.91. The predicted molar refractivity (Wildman–Crippen MR) is 79.2 cm³/mol. The SMILES string of the molecule is CCN(CC)CCC(=O)c1ccc(OC)c(C)c1C. The van der Waals surface area contributed by atoms with E-state index in [9.17, 15) is 4.79 Å². The molecule has 0 aromatic heterocycles. The molecule has 1 aromatic carbocycles. The first-order valence-electron chi connectivity index (χ1n) is 6.94. The van der Waals surface area contributed by atoms with Gasteiger partial charge in [-0.1, -0.05) is 13.8 Å². The zero-order valence-corrected chi connectivity index (χ0v) is 12.7. The van der Waals surface area contributed by atoms with Crippen molar-refractivity contribution in [2.75, 3.05) is 26.7 Å². The van der Waals surface area contributed by atoms with Gasteiger partial charge >= 0.3 is 0 Å². The highest BCUT2D eigenvalue weighted by atomic mass is 16.5. The molecule has 0 saturated carbocycles. The third-order valence-electron chi connectivity index (χ3n) is 3.81. The van der Waals surface area contributed by atoms with Crippen LogP contribution in [0.25, 0.3) is 0 Å². The summed E-state index contributed by atoms with van der Waals surface area (Å²) in [6.45, 7) is 11.0. The number of rotatable bonds is 7. The van der Waals surface area contributed by atoms with Gasteiger partial charge in [-0.15, -0.1) is 0 Å². The van der Waals surface area contributed by atoms with E-state index in [4.69, 9.17) is 4.74 Å². The summed E-state index contributed by atoms with van der Waals surface area (Å²) in [5, 5.41) is 0. The normalized spacial score (nSPS) is 10.8. The molecule has 0 spiro atoms. The van der Waals surface area contributed by atoms with Crippen LogP contribution in [0.2, 0.25) is 0 Å². The first-order valence-corrected chi connectivity index (χ1v) is 6.94. The van der Waals surface area contributed by atoms with Crippen molar-refractivity contribution in [1.82, 2.24) is 4.90 Å². The van der Waals surface area contributed by atoms with Gasteiger partial charge < -0.3 is 9.64 Å². The van der Waals surface area contributed by atoms with Crippen molar-refractivity contribution in [3.05, 3.63) is 28.8 Å². The molecule has 0 unspecified atom stereocenters. The number of methoxy groups -OCH3 is 1. The van der Waals surface area contributed by atoms with Crippen LogP contribution in [-0.2, 0) is 0 Å². The number of hydrogen-bond acceptors (Lipinski definition) is 3. The van der Waals surface area contributed by atoms with Crippen molar-refractivity contribution in [1.29, 1.82) is 0 Å². The van der Waals surface area contributed by atoms with E-state index >= 15 is 0 Å². The predicted octanol–water partition coefficient (Wildman–Crippen LogP) is 3.23. The zero-order valence-electron chi connectivity index (χ0n) is 12.7. The second-order valence-electron chi connectivity index (χ2n) is 4.77. The summed E-state index contributed by atoms with van der Waals surface area (Å²) in [4.78, 5) is 14.6. The van der Waals surface area contributed by atoms with Crippen molar-refractivity contribution in [2.24, 2.45) is 0 Å². The van der Waals surface area contributed by atoms with Crippen LogP contribution >= 0.6 is 0 Å². The van der Waals surface area contributed by atoms with Gasteiger partial charge in [0.25, 0.3) is 0 Å². The topological polar surface area (TPSA) is 29.5 Å². The lowest BCUT2D eigenvalue weighted by Crippen LogP contribution is -2.26. The Morgan fingerprint density at radius 1 is 1.16 bits per heavy atom. The largest absolute Gasteiger partial charge is 0.496 e. The minimum atomic E-state index is 0.218. The molecule has 0 aliphatic rings. The van der Waals surface area contributed by atoms with Gasteiger partial charge in [-0.05, 0) is 50.2 Å². The Bertz CT molecular complexity index is 437. The first kappa shape index (κ1) is 15.7. The average molecular weight is 263 g/mol. The molecule has 0 heterocycles. The Hall–Kier alpha value is -1.35. The summed E-state index contributed by atoms with van der Waals surface area (Å²) in [6.07, 6.45) is 0.578. The third kappa shape index (κ3) is 3.80. The van der Waals surface area contributed by atoms with Crippen LogP contribution in [0, 0.1) is 13.8 Å². The van der Waals surface area contributed by atoms with Gasteiger partial charge in [0.15, 0.2) is 5.78 Å². The van der Waals surface area contributed by atoms with E-state index in [1.165, 1.54) is 0 Å². The second-order valence-corrected chi connectivity index (χ2v) is 4.77. The van der Waals surface area contributed by atoms with Crippen molar-refractivity contribution >= 4 is 5.78 Å². The molecule has 0 aliphatic carbocycles. The lowest BCUT2D eigenvalue weighted by Gasteiger charge is -2.18. The molecule has 0 atom stereocenters. The van der Waals surface area contributed by atoms with Crippen molar-refractivity contribution in [3.8, 4) is 5.75 Å². The number of hydrogen-bond donors (Lipinski definition) is 0. The first-order chi connectivity index (χ1) is 9.04. The summed E-state index contributed by atoms with van der Waals surface area (Å²) in [5.74, 6) is 1.06. The van der Waals surface area contributed by atoms with Gasteiger partial charge in [-0.25, -0.2) is 0 Å². The fourth-order valence-corrected chi connectivity index (χ4v) is 2.25. The van der Waals surface area contributed by atoms with Crippen LogP contribution in [0.3, 0.4) is 0 Å². The maximum atomic E-state index is 12.3. The molecular formula is C16H25NO2. The third-order valence-corrected chi connectivity index (χ3v) is 3.81. The molecular weight excluding hydrogens is 238 g/mol. The molecule has 0 bridgehead atoms. The highest BCUT2D eigenvalue weighted by molar-refractivity contribution is 5.98. The van der Waals surface area contributed by atoms with Crippen molar-refractivity contribution in [3.63, 3.8) is 0 Å². The molecule has 0 saturated heterocycles. The molecule has 3 nitrogen and oxygen atoms in total. The van der Waals surface area contributed by atoms with Crippen LogP contribution in [-0.4, -0.2) is 37.4 Å². The summed E-state index contributed by atoms with van der Waals surface area (Å²) in [6, 6.07) is 3.76. The molecule has 0 N–H and O–H groups in total. The van der Waals surface area contributed by atoms with Crippen LogP contribution in [0.1, 0.15) is 41.8 Å². The Morgan fingerprint density at radius 3 is 2.32 bits per heavy atom. The molecule has 3 heteroatoms. The minimum Gasteiger partial charge on any atom is -0.496 e. The molecule has 0 radical (unpaired) electrons. The smallest absolute Gasteiger partial charge is 0.164 e. The molecule has 106 valence electrons. The van der Waals surface area contributed by atoms with E-state index in [0.717, 1.165) is 42.1 Å². The van der Waals surface area contributed by atoms with Gasteiger partial charge in [0.1, 0.15) is 5.75 Å². The van der Waals surface area contributed by atoms with Crippen LogP contribution < -0.4 is 4.74 Å². The number of ether oxygens (including phenoxy) is 1. The standard InChI is InChI=1S/C16H25NO2/c1-6-17(7-2)11-10-15(18)14-8-9-16(19-5)13(4)12(14)3/h8-9H,6-7,10-11H2,1-5H3. The van der Waals surface area contributed by atoms with Gasteiger partial charge in [0, 0.05) is 18.5 Å². The number of ketones is 1. The maximum absolute atomic E-state index is 12.3. The molecule has 0 aliphatic heterocycles. The van der Waals surface area contributed by atoms with Crippen LogP contribution in [0.5, 0.6) is 5.75 Å². The quantitative estimate of drug-likeness (QED) is 0.707. The Kier molecular flexibility index (Phi) is 6.03. The van der Waals surface area contributed by atoms with E-state index in [2.05, 4.69) is 18.7 Å². The average Bonchev–Trinajstić information content (AvgIpc) is 2.42. The molecule has 0 fully saturated rings. The molecule has 1 rings (SSSR count). The van der Waals surface area contributed by atoms with Crippen LogP contribution in [0.15, 0.2) is 12.1 Å². The fourth-order valence-electron chi connectivity index (χ4n) is 2.25. The highest BCUT2D eigenvalue weighted by Crippen LogP contribution is 2.24. The van der Waals surface area contributed by atoms with Crippen molar-refractivity contribution in [2.45, 2.75) is 34.1 Å². The van der Waals surface area contributed by atoms with E-state index in [0.29, 0.717) is 6.42 Å². The number of carbonyl (C=O) groups is 1. The van der Waals surface area contributed by atoms with E-state index in [-0.39, 0.29) is 5.78 Å². The van der Waals surface area contributed by atoms with Crippen molar-refractivity contribution < 1.29 is 9.53 Å². The lowest BCUT2D eigenvalue weighted by molar-refractivity contribution is 0.0966. The summed E-state index contributed by atoms with van der Waals surface area (Å²) in [7, 11) is 1.66. The highest BCUT2D eigenvalue weighted by Gasteiger charge is 2.14. The molecule has 19 heavy (non-hydrogen) atoms. The molecule has 1 aromatic rings. The number of carbonyl (C=O) groups excluding carboxylic acids is 1. The fraction of sp³-hybridized carbons (Fsp3) is 0.562. The number of nitrogens with zero attached hydrogens (tertiary/aromatic N) is 1. The lowest BCUT2D eigenvalue weighted by atomic mass is 9.97. The van der Waals surface area contributed by atoms with E-state index < -0.39 is 0 Å². The Labute approximate surface area is 116 Å². The second kappa shape index (κ2) is 7.29. The number of Topliss-reactive ketones (excluding diaryl/α,β-unsaturated/α-hetero) is 1. The Balaban J connectivity index is 2.80. The van der Waals surface area contributed by atoms with Crippen LogP contribution in [0.4, 0.5) is 0 Å². The van der Waals surface area contributed by atoms with E-state index in [1.807, 2.05) is 26.0 Å². The monoisotopic (exact) mass is 263 g/mol. The van der Waals surface area contributed by atoms with Gasteiger partial charge in [-0.3, -0.25) is 4.79 Å². The zero-order chi connectivity index (χ0) is 14.4. The van der Waals surface area contributed by atoms with Gasteiger partial charge in [-0.2, -0.15) is 0 Å². The Morgan fingerprint density at radius 2 is 1.79 bits per heavy atom. The van der Waals surface area contributed by atoms with E-state index in [1.54, 1.807) is 7.11 Å². The van der Waals surface area contributed by atoms with Gasteiger partial charge in [0.2, 0.25) is 0 Å². The summed E-state index contributed by atoms with van der Waals surface area (Å²) >= 11 is 0. The summed E-state index contributed by atoms with van der Waals surface area (Å²) < 4.78 is 5.27. The molecule has 0 amide bonds. The number of benzene rings is 1. The maximum Gasteiger partial charge on any atom is 0.164 e.